The first-order valence-electron chi connectivity index (χ1n) is 7.64. The standard InChI is InChI=1S/C15H28N2/c1-2-6-13-9-11-17(12-10-13)15(16)14-7-4-3-5-8-14/h13-14,16H,2-12H2,1H3. The Morgan fingerprint density at radius 1 is 1.06 bits per heavy atom. The number of rotatable bonds is 3. The van der Waals surface area contributed by atoms with Crippen molar-refractivity contribution >= 4 is 5.84 Å². The van der Waals surface area contributed by atoms with Crippen molar-refractivity contribution in [1.82, 2.24) is 4.90 Å². The first-order chi connectivity index (χ1) is 8.31. The van der Waals surface area contributed by atoms with Crippen LogP contribution < -0.4 is 0 Å². The van der Waals surface area contributed by atoms with E-state index < -0.39 is 0 Å². The molecule has 0 radical (unpaired) electrons. The Labute approximate surface area is 106 Å². The van der Waals surface area contributed by atoms with Gasteiger partial charge in [-0.1, -0.05) is 39.0 Å². The van der Waals surface area contributed by atoms with Gasteiger partial charge in [-0.2, -0.15) is 0 Å². The van der Waals surface area contributed by atoms with Crippen molar-refractivity contribution in [2.75, 3.05) is 13.1 Å². The fraction of sp³-hybridized carbons (Fsp3) is 0.933. The molecule has 0 spiro atoms. The molecule has 1 saturated heterocycles. The molecule has 2 fully saturated rings. The molecule has 2 heteroatoms. The van der Waals surface area contributed by atoms with Gasteiger partial charge in [0, 0.05) is 19.0 Å². The molecule has 0 amide bonds. The van der Waals surface area contributed by atoms with E-state index >= 15 is 0 Å². The second kappa shape index (κ2) is 6.42. The van der Waals surface area contributed by atoms with Gasteiger partial charge in [-0.3, -0.25) is 5.41 Å². The highest BCUT2D eigenvalue weighted by molar-refractivity contribution is 5.81. The lowest BCUT2D eigenvalue weighted by Crippen LogP contribution is -2.41. The minimum absolute atomic E-state index is 0.589. The quantitative estimate of drug-likeness (QED) is 0.581. The van der Waals surface area contributed by atoms with Crippen molar-refractivity contribution in [2.45, 2.75) is 64.7 Å². The molecule has 0 unspecified atom stereocenters. The zero-order chi connectivity index (χ0) is 12.1. The van der Waals surface area contributed by atoms with Crippen LogP contribution >= 0.6 is 0 Å². The highest BCUT2D eigenvalue weighted by Crippen LogP contribution is 2.28. The molecule has 1 saturated carbocycles. The van der Waals surface area contributed by atoms with Crippen molar-refractivity contribution in [3.8, 4) is 0 Å². The molecule has 2 rings (SSSR count). The number of hydrogen-bond acceptors (Lipinski definition) is 1. The monoisotopic (exact) mass is 236 g/mol. The number of amidine groups is 1. The molecular weight excluding hydrogens is 208 g/mol. The summed E-state index contributed by atoms with van der Waals surface area (Å²) in [6.45, 7) is 4.59. The Hall–Kier alpha value is -0.530. The first kappa shape index (κ1) is 12.9. The van der Waals surface area contributed by atoms with Crippen molar-refractivity contribution in [1.29, 1.82) is 5.41 Å². The van der Waals surface area contributed by atoms with E-state index in [9.17, 15) is 0 Å². The zero-order valence-electron chi connectivity index (χ0n) is 11.4. The van der Waals surface area contributed by atoms with E-state index in [0.717, 1.165) is 24.8 Å². The minimum Gasteiger partial charge on any atom is -0.360 e. The highest BCUT2D eigenvalue weighted by Gasteiger charge is 2.26. The van der Waals surface area contributed by atoms with Gasteiger partial charge >= 0.3 is 0 Å². The van der Waals surface area contributed by atoms with Crippen molar-refractivity contribution < 1.29 is 0 Å². The van der Waals surface area contributed by atoms with Crippen molar-refractivity contribution in [3.05, 3.63) is 0 Å². The van der Waals surface area contributed by atoms with Gasteiger partial charge in [0.25, 0.3) is 0 Å². The molecule has 0 aromatic rings. The molecule has 1 aliphatic heterocycles. The van der Waals surface area contributed by atoms with Gasteiger partial charge < -0.3 is 4.90 Å². The van der Waals surface area contributed by atoms with Crippen LogP contribution in [0.25, 0.3) is 0 Å². The summed E-state index contributed by atoms with van der Waals surface area (Å²) in [6, 6.07) is 0. The van der Waals surface area contributed by atoms with Crippen LogP contribution in [0.1, 0.15) is 64.7 Å². The van der Waals surface area contributed by atoms with Gasteiger partial charge in [-0.15, -0.1) is 0 Å². The average molecular weight is 236 g/mol. The van der Waals surface area contributed by atoms with Gasteiger partial charge in [-0.25, -0.2) is 0 Å². The number of likely N-dealkylation sites (tertiary alicyclic amines) is 1. The van der Waals surface area contributed by atoms with Gasteiger partial charge in [0.15, 0.2) is 0 Å². The fourth-order valence-corrected chi connectivity index (χ4v) is 3.51. The van der Waals surface area contributed by atoms with Crippen LogP contribution in [0.15, 0.2) is 0 Å². The molecule has 0 atom stereocenters. The van der Waals surface area contributed by atoms with E-state index in [1.54, 1.807) is 0 Å². The van der Waals surface area contributed by atoms with E-state index in [2.05, 4.69) is 11.8 Å². The van der Waals surface area contributed by atoms with Crippen LogP contribution in [0.5, 0.6) is 0 Å². The Morgan fingerprint density at radius 2 is 1.71 bits per heavy atom. The number of hydrogen-bond donors (Lipinski definition) is 1. The molecule has 1 heterocycles. The molecule has 2 nitrogen and oxygen atoms in total. The van der Waals surface area contributed by atoms with Crippen LogP contribution in [0.4, 0.5) is 0 Å². The molecule has 0 aromatic heterocycles. The second-order valence-electron chi connectivity index (χ2n) is 5.94. The lowest BCUT2D eigenvalue weighted by atomic mass is 9.86. The summed E-state index contributed by atoms with van der Waals surface area (Å²) in [4.78, 5) is 2.38. The maximum Gasteiger partial charge on any atom is 0.0989 e. The maximum atomic E-state index is 8.37. The van der Waals surface area contributed by atoms with Crippen molar-refractivity contribution in [3.63, 3.8) is 0 Å². The van der Waals surface area contributed by atoms with Crippen LogP contribution in [0.3, 0.4) is 0 Å². The van der Waals surface area contributed by atoms with Crippen molar-refractivity contribution in [2.24, 2.45) is 11.8 Å². The molecule has 0 aromatic carbocycles. The van der Waals surface area contributed by atoms with Crippen LogP contribution in [-0.4, -0.2) is 23.8 Å². The Kier molecular flexibility index (Phi) is 4.87. The summed E-state index contributed by atoms with van der Waals surface area (Å²) in [6.07, 6.45) is 12.0. The largest absolute Gasteiger partial charge is 0.360 e. The first-order valence-corrected chi connectivity index (χ1v) is 7.64. The topological polar surface area (TPSA) is 27.1 Å². The molecule has 0 bridgehead atoms. The summed E-state index contributed by atoms with van der Waals surface area (Å²) in [5, 5.41) is 8.37. The summed E-state index contributed by atoms with van der Waals surface area (Å²) >= 11 is 0. The van der Waals surface area contributed by atoms with Gasteiger partial charge in [0.05, 0.1) is 5.84 Å². The summed E-state index contributed by atoms with van der Waals surface area (Å²) in [5.41, 5.74) is 0. The zero-order valence-corrected chi connectivity index (χ0v) is 11.4. The normalized spacial score (nSPS) is 23.9. The van der Waals surface area contributed by atoms with E-state index in [-0.39, 0.29) is 0 Å². The number of piperidine rings is 1. The predicted molar refractivity (Wildman–Crippen MR) is 73.5 cm³/mol. The van der Waals surface area contributed by atoms with Gasteiger partial charge in [-0.05, 0) is 31.6 Å². The van der Waals surface area contributed by atoms with Crippen LogP contribution in [0.2, 0.25) is 0 Å². The van der Waals surface area contributed by atoms with E-state index in [0.29, 0.717) is 5.92 Å². The lowest BCUT2D eigenvalue weighted by molar-refractivity contribution is 0.239. The average Bonchev–Trinajstić information content (AvgIpc) is 2.40. The molecular formula is C15H28N2. The van der Waals surface area contributed by atoms with Crippen LogP contribution in [-0.2, 0) is 0 Å². The van der Waals surface area contributed by atoms with E-state index in [1.807, 2.05) is 0 Å². The van der Waals surface area contributed by atoms with E-state index in [1.165, 1.54) is 57.8 Å². The minimum atomic E-state index is 0.589. The molecule has 1 aliphatic carbocycles. The SMILES string of the molecule is CCCC1CCN(C(=N)C2CCCCC2)CC1. The fourth-order valence-electron chi connectivity index (χ4n) is 3.51. The molecule has 1 N–H and O–H groups in total. The third kappa shape index (κ3) is 3.46. The van der Waals surface area contributed by atoms with Gasteiger partial charge in [0.1, 0.15) is 0 Å². The Morgan fingerprint density at radius 3 is 2.29 bits per heavy atom. The molecule has 98 valence electrons. The Balaban J connectivity index is 1.77. The second-order valence-corrected chi connectivity index (χ2v) is 5.94. The highest BCUT2D eigenvalue weighted by atomic mass is 15.2. The summed E-state index contributed by atoms with van der Waals surface area (Å²) < 4.78 is 0. The predicted octanol–water partition coefficient (Wildman–Crippen LogP) is 4.06. The number of nitrogens with one attached hydrogen (secondary N) is 1. The van der Waals surface area contributed by atoms with Gasteiger partial charge in [0.2, 0.25) is 0 Å². The number of nitrogens with zero attached hydrogens (tertiary/aromatic N) is 1. The third-order valence-corrected chi connectivity index (χ3v) is 4.64. The summed E-state index contributed by atoms with van der Waals surface area (Å²) in [5.74, 6) is 2.50. The maximum absolute atomic E-state index is 8.37. The lowest BCUT2D eigenvalue weighted by Gasteiger charge is -2.37. The van der Waals surface area contributed by atoms with E-state index in [4.69, 9.17) is 5.41 Å². The smallest absolute Gasteiger partial charge is 0.0989 e. The molecule has 2 aliphatic rings. The van der Waals surface area contributed by atoms with Crippen LogP contribution in [0, 0.1) is 17.2 Å². The summed E-state index contributed by atoms with van der Waals surface area (Å²) in [7, 11) is 0. The third-order valence-electron chi connectivity index (χ3n) is 4.64. The molecule has 17 heavy (non-hydrogen) atoms. The Bertz CT molecular complexity index is 235.